The van der Waals surface area contributed by atoms with Crippen molar-refractivity contribution in [3.8, 4) is 0 Å². The molecule has 1 amide bonds. The number of nitrogens with zero attached hydrogens (tertiary/aromatic N) is 3. The van der Waals surface area contributed by atoms with E-state index >= 15 is 0 Å². The fourth-order valence-electron chi connectivity index (χ4n) is 2.07. The standard InChI is InChI=1S/C14H17N5O/c20-14(16-8-12-6-15-7-12)13-10-19(18-17-13)9-11-4-2-1-3-5-11/h1-5,10,12,15H,6-9H2,(H,16,20). The van der Waals surface area contributed by atoms with E-state index in [1.165, 1.54) is 0 Å². The molecule has 1 aromatic carbocycles. The number of carbonyl (C=O) groups excluding carboxylic acids is 1. The van der Waals surface area contributed by atoms with Crippen LogP contribution in [0.4, 0.5) is 0 Å². The first-order valence-electron chi connectivity index (χ1n) is 6.74. The first-order chi connectivity index (χ1) is 9.81. The van der Waals surface area contributed by atoms with Crippen LogP contribution in [0.25, 0.3) is 0 Å². The minimum atomic E-state index is -0.156. The number of carbonyl (C=O) groups is 1. The Labute approximate surface area is 117 Å². The summed E-state index contributed by atoms with van der Waals surface area (Å²) in [5.74, 6) is 0.384. The highest BCUT2D eigenvalue weighted by Gasteiger charge is 2.18. The maximum atomic E-state index is 11.9. The summed E-state index contributed by atoms with van der Waals surface area (Å²) >= 11 is 0. The van der Waals surface area contributed by atoms with Crippen molar-refractivity contribution in [3.05, 3.63) is 47.8 Å². The van der Waals surface area contributed by atoms with Gasteiger partial charge in [-0.25, -0.2) is 4.68 Å². The average molecular weight is 271 g/mol. The number of nitrogens with one attached hydrogen (secondary N) is 2. The quantitative estimate of drug-likeness (QED) is 0.819. The highest BCUT2D eigenvalue weighted by molar-refractivity contribution is 5.91. The molecule has 0 bridgehead atoms. The van der Waals surface area contributed by atoms with Crippen molar-refractivity contribution in [2.45, 2.75) is 6.54 Å². The summed E-state index contributed by atoms with van der Waals surface area (Å²) in [6.07, 6.45) is 1.68. The fourth-order valence-corrected chi connectivity index (χ4v) is 2.07. The fraction of sp³-hybridized carbons (Fsp3) is 0.357. The van der Waals surface area contributed by atoms with Crippen molar-refractivity contribution in [1.29, 1.82) is 0 Å². The van der Waals surface area contributed by atoms with Crippen LogP contribution in [-0.4, -0.2) is 40.5 Å². The van der Waals surface area contributed by atoms with Gasteiger partial charge in [-0.15, -0.1) is 5.10 Å². The molecule has 0 radical (unpaired) electrons. The van der Waals surface area contributed by atoms with Crippen LogP contribution >= 0.6 is 0 Å². The van der Waals surface area contributed by atoms with E-state index in [0.717, 1.165) is 18.7 Å². The number of amides is 1. The Morgan fingerprint density at radius 2 is 2.15 bits per heavy atom. The maximum Gasteiger partial charge on any atom is 0.273 e. The van der Waals surface area contributed by atoms with Gasteiger partial charge in [0.2, 0.25) is 0 Å². The number of hydrogen-bond donors (Lipinski definition) is 2. The van der Waals surface area contributed by atoms with Crippen molar-refractivity contribution in [1.82, 2.24) is 25.6 Å². The van der Waals surface area contributed by atoms with E-state index in [1.807, 2.05) is 30.3 Å². The Morgan fingerprint density at radius 3 is 2.85 bits per heavy atom. The van der Waals surface area contributed by atoms with Gasteiger partial charge in [-0.2, -0.15) is 0 Å². The van der Waals surface area contributed by atoms with Crippen LogP contribution in [0.2, 0.25) is 0 Å². The van der Waals surface area contributed by atoms with E-state index in [9.17, 15) is 4.79 Å². The first kappa shape index (κ1) is 12.8. The predicted octanol–water partition coefficient (Wildman–Crippen LogP) is 0.276. The second-order valence-electron chi connectivity index (χ2n) is 5.02. The van der Waals surface area contributed by atoms with Gasteiger partial charge in [0.1, 0.15) is 0 Å². The van der Waals surface area contributed by atoms with Gasteiger partial charge >= 0.3 is 0 Å². The normalized spacial score (nSPS) is 14.8. The zero-order chi connectivity index (χ0) is 13.8. The molecule has 1 saturated heterocycles. The summed E-state index contributed by atoms with van der Waals surface area (Å²) < 4.78 is 1.68. The monoisotopic (exact) mass is 271 g/mol. The van der Waals surface area contributed by atoms with Crippen molar-refractivity contribution < 1.29 is 4.79 Å². The molecular weight excluding hydrogens is 254 g/mol. The predicted molar refractivity (Wildman–Crippen MR) is 74.3 cm³/mol. The molecule has 0 aliphatic carbocycles. The molecule has 0 spiro atoms. The third kappa shape index (κ3) is 3.03. The second kappa shape index (κ2) is 5.83. The second-order valence-corrected chi connectivity index (χ2v) is 5.02. The average Bonchev–Trinajstić information content (AvgIpc) is 2.86. The number of rotatable bonds is 5. The van der Waals surface area contributed by atoms with Gasteiger partial charge in [0.05, 0.1) is 12.7 Å². The molecule has 1 aromatic heterocycles. The van der Waals surface area contributed by atoms with E-state index in [-0.39, 0.29) is 5.91 Å². The zero-order valence-electron chi connectivity index (χ0n) is 11.1. The summed E-state index contributed by atoms with van der Waals surface area (Å²) in [6.45, 7) is 3.26. The molecule has 1 fully saturated rings. The lowest BCUT2D eigenvalue weighted by Gasteiger charge is -2.26. The minimum absolute atomic E-state index is 0.156. The van der Waals surface area contributed by atoms with Crippen molar-refractivity contribution in [3.63, 3.8) is 0 Å². The molecule has 0 atom stereocenters. The molecule has 20 heavy (non-hydrogen) atoms. The molecule has 3 rings (SSSR count). The Balaban J connectivity index is 1.56. The molecular formula is C14H17N5O. The first-order valence-corrected chi connectivity index (χ1v) is 6.74. The topological polar surface area (TPSA) is 71.8 Å². The van der Waals surface area contributed by atoms with Crippen LogP contribution in [0.3, 0.4) is 0 Å². The smallest absolute Gasteiger partial charge is 0.273 e. The molecule has 1 aliphatic rings. The molecule has 2 aromatic rings. The Bertz CT molecular complexity index is 576. The summed E-state index contributed by atoms with van der Waals surface area (Å²) in [5.41, 5.74) is 1.50. The van der Waals surface area contributed by atoms with Gasteiger partial charge < -0.3 is 10.6 Å². The van der Waals surface area contributed by atoms with Gasteiger partial charge in [0, 0.05) is 25.6 Å². The maximum absolute atomic E-state index is 11.9. The number of aromatic nitrogens is 3. The third-order valence-electron chi connectivity index (χ3n) is 3.38. The van der Waals surface area contributed by atoms with Crippen LogP contribution in [0.15, 0.2) is 36.5 Å². The highest BCUT2D eigenvalue weighted by atomic mass is 16.2. The van der Waals surface area contributed by atoms with Gasteiger partial charge in [0.15, 0.2) is 5.69 Å². The molecule has 2 N–H and O–H groups in total. The van der Waals surface area contributed by atoms with E-state index in [2.05, 4.69) is 20.9 Å². The molecule has 0 saturated carbocycles. The van der Waals surface area contributed by atoms with Crippen LogP contribution < -0.4 is 10.6 Å². The molecule has 6 nitrogen and oxygen atoms in total. The van der Waals surface area contributed by atoms with Crippen LogP contribution in [0, 0.1) is 5.92 Å². The van der Waals surface area contributed by atoms with Crippen molar-refractivity contribution in [2.75, 3.05) is 19.6 Å². The summed E-state index contributed by atoms with van der Waals surface area (Å²) in [6, 6.07) is 9.97. The highest BCUT2D eigenvalue weighted by Crippen LogP contribution is 2.03. The van der Waals surface area contributed by atoms with Gasteiger partial charge in [0.25, 0.3) is 5.91 Å². The third-order valence-corrected chi connectivity index (χ3v) is 3.38. The lowest BCUT2D eigenvalue weighted by atomic mass is 10.0. The Kier molecular flexibility index (Phi) is 3.73. The van der Waals surface area contributed by atoms with E-state index in [1.54, 1.807) is 10.9 Å². The largest absolute Gasteiger partial charge is 0.350 e. The lowest BCUT2D eigenvalue weighted by molar-refractivity contribution is 0.0937. The molecule has 1 aliphatic heterocycles. The summed E-state index contributed by atoms with van der Waals surface area (Å²) in [5, 5.41) is 14.0. The van der Waals surface area contributed by atoms with Crippen molar-refractivity contribution in [2.24, 2.45) is 5.92 Å². The zero-order valence-corrected chi connectivity index (χ0v) is 11.1. The lowest BCUT2D eigenvalue weighted by Crippen LogP contribution is -2.48. The summed E-state index contributed by atoms with van der Waals surface area (Å²) in [4.78, 5) is 11.9. The van der Waals surface area contributed by atoms with E-state index in [4.69, 9.17) is 0 Å². The minimum Gasteiger partial charge on any atom is -0.350 e. The van der Waals surface area contributed by atoms with Crippen molar-refractivity contribution >= 4 is 5.91 Å². The molecule has 6 heteroatoms. The molecule has 104 valence electrons. The van der Waals surface area contributed by atoms with Crippen LogP contribution in [0.1, 0.15) is 16.1 Å². The SMILES string of the molecule is O=C(NCC1CNC1)c1cn(Cc2ccccc2)nn1. The Hall–Kier alpha value is -2.21. The van der Waals surface area contributed by atoms with Gasteiger partial charge in [-0.1, -0.05) is 35.5 Å². The van der Waals surface area contributed by atoms with E-state index in [0.29, 0.717) is 24.7 Å². The van der Waals surface area contributed by atoms with Crippen LogP contribution in [0.5, 0.6) is 0 Å². The summed E-state index contributed by atoms with van der Waals surface area (Å²) in [7, 11) is 0. The number of hydrogen-bond acceptors (Lipinski definition) is 4. The van der Waals surface area contributed by atoms with Gasteiger partial charge in [-0.3, -0.25) is 4.79 Å². The van der Waals surface area contributed by atoms with E-state index < -0.39 is 0 Å². The molecule has 2 heterocycles. The van der Waals surface area contributed by atoms with Gasteiger partial charge in [-0.05, 0) is 5.56 Å². The number of benzene rings is 1. The Morgan fingerprint density at radius 1 is 1.35 bits per heavy atom. The van der Waals surface area contributed by atoms with Crippen LogP contribution in [-0.2, 0) is 6.54 Å². The molecule has 0 unspecified atom stereocenters.